The lowest BCUT2D eigenvalue weighted by atomic mass is 10.2. The van der Waals surface area contributed by atoms with Crippen LogP contribution in [-0.2, 0) is 11.3 Å². The third-order valence-electron chi connectivity index (χ3n) is 4.09. The van der Waals surface area contributed by atoms with Crippen LogP contribution in [0.3, 0.4) is 0 Å². The van der Waals surface area contributed by atoms with Crippen molar-refractivity contribution >= 4 is 11.6 Å². The largest absolute Gasteiger partial charge is 0.334 e. The van der Waals surface area contributed by atoms with E-state index < -0.39 is 0 Å². The standard InChI is InChI=1S/C20H16FN5O2/c1-13-22-17(11-26(13)12-18(27)23-16-5-3-2-4-6-16)19-24-20(28-25-19)14-7-9-15(21)10-8-14/h2-11H,12H2,1H3,(H,23,27). The molecular formula is C20H16FN5O2. The van der Waals surface area contributed by atoms with E-state index in [0.717, 1.165) is 5.69 Å². The summed E-state index contributed by atoms with van der Waals surface area (Å²) in [5.74, 6) is 0.699. The number of aromatic nitrogens is 4. The topological polar surface area (TPSA) is 85.8 Å². The number of hydrogen-bond acceptors (Lipinski definition) is 5. The van der Waals surface area contributed by atoms with Gasteiger partial charge >= 0.3 is 0 Å². The molecule has 1 amide bonds. The van der Waals surface area contributed by atoms with Crippen molar-refractivity contribution < 1.29 is 13.7 Å². The number of carbonyl (C=O) groups excluding carboxylic acids is 1. The minimum absolute atomic E-state index is 0.108. The van der Waals surface area contributed by atoms with Gasteiger partial charge in [-0.1, -0.05) is 23.4 Å². The van der Waals surface area contributed by atoms with E-state index in [0.29, 0.717) is 22.9 Å². The lowest BCUT2D eigenvalue weighted by Gasteiger charge is -2.06. The van der Waals surface area contributed by atoms with Crippen LogP contribution in [0.25, 0.3) is 23.0 Å². The average molecular weight is 377 g/mol. The van der Waals surface area contributed by atoms with Gasteiger partial charge in [-0.2, -0.15) is 4.98 Å². The molecule has 0 saturated heterocycles. The number of hydrogen-bond donors (Lipinski definition) is 1. The Morgan fingerprint density at radius 3 is 2.61 bits per heavy atom. The molecule has 28 heavy (non-hydrogen) atoms. The molecular weight excluding hydrogens is 361 g/mol. The Morgan fingerprint density at radius 1 is 1.11 bits per heavy atom. The van der Waals surface area contributed by atoms with E-state index in [-0.39, 0.29) is 24.2 Å². The molecule has 2 aromatic heterocycles. The number of halogens is 1. The molecule has 1 N–H and O–H groups in total. The van der Waals surface area contributed by atoms with Gasteiger partial charge in [0, 0.05) is 17.4 Å². The third-order valence-corrected chi connectivity index (χ3v) is 4.09. The van der Waals surface area contributed by atoms with E-state index >= 15 is 0 Å². The molecule has 0 aliphatic heterocycles. The number of para-hydroxylation sites is 1. The van der Waals surface area contributed by atoms with Gasteiger partial charge in [0.25, 0.3) is 5.89 Å². The van der Waals surface area contributed by atoms with Crippen molar-refractivity contribution in [3.05, 3.63) is 72.4 Å². The summed E-state index contributed by atoms with van der Waals surface area (Å²) in [6.45, 7) is 1.90. The molecule has 4 rings (SSSR count). The minimum Gasteiger partial charge on any atom is -0.334 e. The number of nitrogens with one attached hydrogen (secondary N) is 1. The van der Waals surface area contributed by atoms with Gasteiger partial charge in [-0.25, -0.2) is 9.37 Å². The number of carbonyl (C=O) groups is 1. The van der Waals surface area contributed by atoms with Crippen LogP contribution in [0.4, 0.5) is 10.1 Å². The average Bonchev–Trinajstić information content (AvgIpc) is 3.31. The third kappa shape index (κ3) is 3.80. The number of nitrogens with zero attached hydrogens (tertiary/aromatic N) is 4. The molecule has 2 heterocycles. The number of anilines is 1. The zero-order chi connectivity index (χ0) is 19.5. The van der Waals surface area contributed by atoms with Gasteiger partial charge in [-0.3, -0.25) is 4.79 Å². The lowest BCUT2D eigenvalue weighted by Crippen LogP contribution is -2.18. The first-order chi connectivity index (χ1) is 13.6. The first-order valence-corrected chi connectivity index (χ1v) is 8.57. The second kappa shape index (κ2) is 7.43. The van der Waals surface area contributed by atoms with E-state index in [2.05, 4.69) is 20.4 Å². The van der Waals surface area contributed by atoms with Gasteiger partial charge in [0.15, 0.2) is 0 Å². The Kier molecular flexibility index (Phi) is 4.67. The normalized spacial score (nSPS) is 10.8. The molecule has 8 heteroatoms. The summed E-state index contributed by atoms with van der Waals surface area (Å²) >= 11 is 0. The van der Waals surface area contributed by atoms with Gasteiger partial charge < -0.3 is 14.4 Å². The first-order valence-electron chi connectivity index (χ1n) is 8.57. The summed E-state index contributed by atoms with van der Waals surface area (Å²) in [5, 5.41) is 6.76. The van der Waals surface area contributed by atoms with Crippen LogP contribution in [0.1, 0.15) is 5.82 Å². The van der Waals surface area contributed by atoms with Crippen molar-refractivity contribution in [3.8, 4) is 23.0 Å². The van der Waals surface area contributed by atoms with E-state index in [1.54, 1.807) is 29.8 Å². The number of rotatable bonds is 5. The predicted octanol–water partition coefficient (Wildman–Crippen LogP) is 3.69. The molecule has 2 aromatic carbocycles. The predicted molar refractivity (Wildman–Crippen MR) is 101 cm³/mol. The Hall–Kier alpha value is -3.81. The lowest BCUT2D eigenvalue weighted by molar-refractivity contribution is -0.116. The van der Waals surface area contributed by atoms with Crippen molar-refractivity contribution in [2.45, 2.75) is 13.5 Å². The van der Waals surface area contributed by atoms with Crippen LogP contribution in [0.15, 0.2) is 65.3 Å². The van der Waals surface area contributed by atoms with Crippen LogP contribution in [-0.4, -0.2) is 25.6 Å². The molecule has 0 aliphatic rings. The number of aryl methyl sites for hydroxylation is 1. The van der Waals surface area contributed by atoms with E-state index in [1.807, 2.05) is 30.3 Å². The summed E-state index contributed by atoms with van der Waals surface area (Å²) in [6, 6.07) is 15.0. The Labute approximate surface area is 159 Å². The number of benzene rings is 2. The molecule has 0 saturated carbocycles. The summed E-state index contributed by atoms with van der Waals surface area (Å²) in [4.78, 5) is 21.0. The molecule has 140 valence electrons. The van der Waals surface area contributed by atoms with E-state index in [9.17, 15) is 9.18 Å². The van der Waals surface area contributed by atoms with Gasteiger partial charge in [-0.05, 0) is 43.3 Å². The van der Waals surface area contributed by atoms with Crippen LogP contribution < -0.4 is 5.32 Å². The van der Waals surface area contributed by atoms with Crippen molar-refractivity contribution in [1.29, 1.82) is 0 Å². The minimum atomic E-state index is -0.341. The summed E-state index contributed by atoms with van der Waals surface area (Å²) in [7, 11) is 0. The molecule has 0 radical (unpaired) electrons. The monoisotopic (exact) mass is 377 g/mol. The van der Waals surface area contributed by atoms with Gasteiger partial charge in [0.1, 0.15) is 23.9 Å². The maximum Gasteiger partial charge on any atom is 0.258 e. The zero-order valence-corrected chi connectivity index (χ0v) is 15.0. The summed E-state index contributed by atoms with van der Waals surface area (Å²) in [6.07, 6.45) is 1.69. The molecule has 0 bridgehead atoms. The highest BCUT2D eigenvalue weighted by Crippen LogP contribution is 2.22. The molecule has 0 unspecified atom stereocenters. The second-order valence-corrected chi connectivity index (χ2v) is 6.15. The number of amides is 1. The van der Waals surface area contributed by atoms with Crippen molar-refractivity contribution in [2.75, 3.05) is 5.32 Å². The van der Waals surface area contributed by atoms with Crippen molar-refractivity contribution in [3.63, 3.8) is 0 Å². The highest BCUT2D eigenvalue weighted by molar-refractivity contribution is 5.90. The van der Waals surface area contributed by atoms with Gasteiger partial charge in [-0.15, -0.1) is 0 Å². The number of imidazole rings is 1. The highest BCUT2D eigenvalue weighted by Gasteiger charge is 2.16. The molecule has 4 aromatic rings. The SMILES string of the molecule is Cc1nc(-c2noc(-c3ccc(F)cc3)n2)cn1CC(=O)Nc1ccccc1. The van der Waals surface area contributed by atoms with Crippen LogP contribution in [0.5, 0.6) is 0 Å². The quantitative estimate of drug-likeness (QED) is 0.573. The Morgan fingerprint density at radius 2 is 1.86 bits per heavy atom. The first kappa shape index (κ1) is 17.6. The fourth-order valence-electron chi connectivity index (χ4n) is 2.69. The maximum atomic E-state index is 13.0. The fourth-order valence-corrected chi connectivity index (χ4v) is 2.69. The van der Waals surface area contributed by atoms with E-state index in [1.165, 1.54) is 12.1 Å². The molecule has 0 aliphatic carbocycles. The molecule has 0 spiro atoms. The highest BCUT2D eigenvalue weighted by atomic mass is 19.1. The van der Waals surface area contributed by atoms with E-state index in [4.69, 9.17) is 4.52 Å². The summed E-state index contributed by atoms with van der Waals surface area (Å²) in [5.41, 5.74) is 1.83. The smallest absolute Gasteiger partial charge is 0.258 e. The Balaban J connectivity index is 1.50. The van der Waals surface area contributed by atoms with Gasteiger partial charge in [0.05, 0.1) is 0 Å². The zero-order valence-electron chi connectivity index (χ0n) is 15.0. The molecule has 7 nitrogen and oxygen atoms in total. The van der Waals surface area contributed by atoms with Crippen molar-refractivity contribution in [2.24, 2.45) is 0 Å². The molecule has 0 fully saturated rings. The van der Waals surface area contributed by atoms with Crippen LogP contribution >= 0.6 is 0 Å². The summed E-state index contributed by atoms with van der Waals surface area (Å²) < 4.78 is 20.0. The fraction of sp³-hybridized carbons (Fsp3) is 0.100. The molecule has 0 atom stereocenters. The van der Waals surface area contributed by atoms with Crippen molar-refractivity contribution in [1.82, 2.24) is 19.7 Å². The van der Waals surface area contributed by atoms with Crippen LogP contribution in [0.2, 0.25) is 0 Å². The van der Waals surface area contributed by atoms with Gasteiger partial charge in [0.2, 0.25) is 11.7 Å². The Bertz CT molecular complexity index is 1100. The van der Waals surface area contributed by atoms with Crippen LogP contribution in [0, 0.1) is 12.7 Å². The maximum absolute atomic E-state index is 13.0. The second-order valence-electron chi connectivity index (χ2n) is 6.15.